The van der Waals surface area contributed by atoms with E-state index in [0.717, 1.165) is 11.4 Å². The Morgan fingerprint density at radius 1 is 1.10 bits per heavy atom. The summed E-state index contributed by atoms with van der Waals surface area (Å²) in [7, 11) is 0. The highest BCUT2D eigenvalue weighted by Gasteiger charge is 2.22. The van der Waals surface area contributed by atoms with E-state index < -0.39 is 0 Å². The monoisotopic (exact) mass is 450 g/mol. The summed E-state index contributed by atoms with van der Waals surface area (Å²) >= 11 is 13.7. The van der Waals surface area contributed by atoms with Gasteiger partial charge in [0.15, 0.2) is 10.9 Å². The van der Waals surface area contributed by atoms with Gasteiger partial charge in [-0.3, -0.25) is 4.79 Å². The molecule has 0 atom stereocenters. The predicted molar refractivity (Wildman–Crippen MR) is 115 cm³/mol. The molecule has 10 heteroatoms. The molecule has 0 saturated heterocycles. The van der Waals surface area contributed by atoms with Gasteiger partial charge in [-0.05, 0) is 52.0 Å². The van der Waals surface area contributed by atoms with Gasteiger partial charge in [-0.2, -0.15) is 0 Å². The Bertz CT molecular complexity index is 1010. The van der Waals surface area contributed by atoms with E-state index in [1.807, 2.05) is 33.8 Å². The fraction of sp³-hybridized carbons (Fsp3) is 0.316. The molecule has 0 unspecified atom stereocenters. The van der Waals surface area contributed by atoms with E-state index >= 15 is 0 Å². The van der Waals surface area contributed by atoms with Gasteiger partial charge in [0.25, 0.3) is 5.91 Å². The molecule has 1 amide bonds. The van der Waals surface area contributed by atoms with Crippen LogP contribution >= 0.6 is 35.0 Å². The van der Waals surface area contributed by atoms with Crippen LogP contribution in [0.4, 0.5) is 0 Å². The highest BCUT2D eigenvalue weighted by Crippen LogP contribution is 2.26. The molecule has 0 fully saturated rings. The molecule has 3 rings (SSSR count). The van der Waals surface area contributed by atoms with Crippen molar-refractivity contribution in [3.63, 3.8) is 0 Å². The summed E-state index contributed by atoms with van der Waals surface area (Å²) in [6.07, 6.45) is 0. The summed E-state index contributed by atoms with van der Waals surface area (Å²) < 4.78 is 1.57. The molecule has 7 nitrogen and oxygen atoms in total. The van der Waals surface area contributed by atoms with Crippen molar-refractivity contribution in [2.75, 3.05) is 0 Å². The maximum atomic E-state index is 12.7. The smallest absolute Gasteiger partial charge is 0.274 e. The van der Waals surface area contributed by atoms with Gasteiger partial charge < -0.3 is 5.32 Å². The Balaban J connectivity index is 2.00. The summed E-state index contributed by atoms with van der Waals surface area (Å²) in [5, 5.41) is 12.7. The fourth-order valence-electron chi connectivity index (χ4n) is 2.70. The molecule has 1 aromatic carbocycles. The Morgan fingerprint density at radius 2 is 1.72 bits per heavy atom. The van der Waals surface area contributed by atoms with Gasteiger partial charge >= 0.3 is 0 Å². The van der Waals surface area contributed by atoms with Gasteiger partial charge in [0.05, 0.1) is 11.4 Å². The van der Waals surface area contributed by atoms with Crippen LogP contribution in [0.1, 0.15) is 41.4 Å². The number of carbonyl (C=O) groups is 1. The molecule has 2 heterocycles. The second kappa shape index (κ2) is 9.11. The second-order valence-electron chi connectivity index (χ2n) is 6.77. The SMILES string of the molecule is Cc1cc(C)nc(SCc2c(C(=O)NC(C)C)nnn2-c2cc(Cl)cc(Cl)c2)n1. The van der Waals surface area contributed by atoms with Crippen LogP contribution in [-0.2, 0) is 5.75 Å². The summed E-state index contributed by atoms with van der Waals surface area (Å²) in [6, 6.07) is 6.94. The zero-order valence-electron chi connectivity index (χ0n) is 16.4. The lowest BCUT2D eigenvalue weighted by Crippen LogP contribution is -2.31. The quantitative estimate of drug-likeness (QED) is 0.441. The Kier molecular flexibility index (Phi) is 6.77. The third-order valence-electron chi connectivity index (χ3n) is 3.79. The normalized spacial score (nSPS) is 11.1. The van der Waals surface area contributed by atoms with Crippen LogP contribution in [0.3, 0.4) is 0 Å². The Hall–Kier alpha value is -2.16. The van der Waals surface area contributed by atoms with Crippen LogP contribution in [0.15, 0.2) is 29.4 Å². The molecule has 0 bridgehead atoms. The molecular weight excluding hydrogens is 431 g/mol. The molecule has 0 aliphatic carbocycles. The van der Waals surface area contributed by atoms with Crippen molar-refractivity contribution in [3.8, 4) is 5.69 Å². The lowest BCUT2D eigenvalue weighted by molar-refractivity contribution is 0.0937. The first-order valence-corrected chi connectivity index (χ1v) is 10.6. The van der Waals surface area contributed by atoms with Crippen molar-refractivity contribution in [1.82, 2.24) is 30.3 Å². The van der Waals surface area contributed by atoms with Gasteiger partial charge in [-0.1, -0.05) is 40.2 Å². The average Bonchev–Trinajstić information content (AvgIpc) is 3.01. The van der Waals surface area contributed by atoms with Crippen LogP contribution in [0.2, 0.25) is 10.0 Å². The molecule has 0 spiro atoms. The molecule has 0 aliphatic heterocycles. The molecule has 1 N–H and O–H groups in total. The second-order valence-corrected chi connectivity index (χ2v) is 8.59. The first kappa shape index (κ1) is 21.5. The number of hydrogen-bond acceptors (Lipinski definition) is 6. The van der Waals surface area contributed by atoms with Crippen molar-refractivity contribution in [2.24, 2.45) is 0 Å². The van der Waals surface area contributed by atoms with Crippen molar-refractivity contribution < 1.29 is 4.79 Å². The number of nitrogens with zero attached hydrogens (tertiary/aromatic N) is 5. The molecule has 3 aromatic rings. The van der Waals surface area contributed by atoms with Crippen LogP contribution in [-0.4, -0.2) is 36.9 Å². The zero-order valence-corrected chi connectivity index (χ0v) is 18.7. The van der Waals surface area contributed by atoms with Crippen molar-refractivity contribution in [3.05, 3.63) is 57.1 Å². The van der Waals surface area contributed by atoms with E-state index in [1.54, 1.807) is 22.9 Å². The lowest BCUT2D eigenvalue weighted by atomic mass is 10.2. The molecule has 0 aliphatic rings. The summed E-state index contributed by atoms with van der Waals surface area (Å²) in [6.45, 7) is 7.60. The fourth-order valence-corrected chi connectivity index (χ4v) is 4.15. The van der Waals surface area contributed by atoms with E-state index in [2.05, 4.69) is 25.6 Å². The van der Waals surface area contributed by atoms with Gasteiger partial charge in [0.1, 0.15) is 0 Å². The number of benzene rings is 1. The third kappa shape index (κ3) is 5.46. The molecule has 2 aromatic heterocycles. The van der Waals surface area contributed by atoms with Crippen LogP contribution in [0.5, 0.6) is 0 Å². The number of carbonyl (C=O) groups excluding carboxylic acids is 1. The minimum Gasteiger partial charge on any atom is -0.348 e. The number of aromatic nitrogens is 5. The first-order chi connectivity index (χ1) is 13.7. The summed E-state index contributed by atoms with van der Waals surface area (Å²) in [5.41, 5.74) is 3.23. The minimum atomic E-state index is -0.295. The Morgan fingerprint density at radius 3 is 2.31 bits per heavy atom. The standard InChI is InChI=1S/C19H20Cl2N6OS/c1-10(2)22-18(28)17-16(9-29-19-23-11(3)5-12(4)24-19)27(26-25-17)15-7-13(20)6-14(21)8-15/h5-8,10H,9H2,1-4H3,(H,22,28). The molecule has 152 valence electrons. The van der Waals surface area contributed by atoms with Gasteiger partial charge in [0.2, 0.25) is 0 Å². The summed E-state index contributed by atoms with van der Waals surface area (Å²) in [5.74, 6) is 0.0947. The number of nitrogens with one attached hydrogen (secondary N) is 1. The minimum absolute atomic E-state index is 0.0310. The van der Waals surface area contributed by atoms with E-state index in [4.69, 9.17) is 23.2 Å². The van der Waals surface area contributed by atoms with Crippen LogP contribution < -0.4 is 5.32 Å². The molecular formula is C19H20Cl2N6OS. The number of aryl methyl sites for hydroxylation is 2. The van der Waals surface area contributed by atoms with Crippen molar-refractivity contribution >= 4 is 40.9 Å². The van der Waals surface area contributed by atoms with Crippen molar-refractivity contribution in [2.45, 2.75) is 44.6 Å². The van der Waals surface area contributed by atoms with E-state index in [0.29, 0.717) is 32.3 Å². The first-order valence-electron chi connectivity index (χ1n) is 8.90. The Labute approximate surface area is 183 Å². The third-order valence-corrected chi connectivity index (χ3v) is 5.08. The molecule has 0 radical (unpaired) electrons. The molecule has 29 heavy (non-hydrogen) atoms. The number of rotatable bonds is 6. The van der Waals surface area contributed by atoms with Gasteiger partial charge in [-0.15, -0.1) is 5.10 Å². The zero-order chi connectivity index (χ0) is 21.1. The van der Waals surface area contributed by atoms with E-state index in [-0.39, 0.29) is 17.6 Å². The predicted octanol–water partition coefficient (Wildman–Crippen LogP) is 4.41. The topological polar surface area (TPSA) is 85.6 Å². The van der Waals surface area contributed by atoms with Crippen LogP contribution in [0, 0.1) is 13.8 Å². The molecule has 0 saturated carbocycles. The lowest BCUT2D eigenvalue weighted by Gasteiger charge is -2.10. The largest absolute Gasteiger partial charge is 0.348 e. The van der Waals surface area contributed by atoms with E-state index in [1.165, 1.54) is 11.8 Å². The number of hydrogen-bond donors (Lipinski definition) is 1. The highest BCUT2D eigenvalue weighted by molar-refractivity contribution is 7.98. The van der Waals surface area contributed by atoms with E-state index in [9.17, 15) is 4.79 Å². The number of halogens is 2. The maximum absolute atomic E-state index is 12.7. The summed E-state index contributed by atoms with van der Waals surface area (Å²) in [4.78, 5) is 21.5. The van der Waals surface area contributed by atoms with Crippen molar-refractivity contribution in [1.29, 1.82) is 0 Å². The number of amides is 1. The number of thioether (sulfide) groups is 1. The van der Waals surface area contributed by atoms with Crippen LogP contribution in [0.25, 0.3) is 5.69 Å². The highest BCUT2D eigenvalue weighted by atomic mass is 35.5. The van der Waals surface area contributed by atoms with Gasteiger partial charge in [0, 0.05) is 33.2 Å². The van der Waals surface area contributed by atoms with Gasteiger partial charge in [-0.25, -0.2) is 14.6 Å². The average molecular weight is 451 g/mol. The maximum Gasteiger partial charge on any atom is 0.274 e.